The topological polar surface area (TPSA) is 27.7 Å². The third-order valence-electron chi connectivity index (χ3n) is 5.12. The van der Waals surface area contributed by atoms with E-state index in [1.807, 2.05) is 0 Å². The molecular weight excluding hydrogens is 375 g/mol. The number of rotatable bonds is 4. The average molecular weight is 396 g/mol. The monoisotopic (exact) mass is 396 g/mol. The SMILES string of the molecule is CC1(C)OB(c2cc(F)c(OCc3ccccc3)c(C(F)(F)F)c2)OC1(C)C. The van der Waals surface area contributed by atoms with Gasteiger partial charge in [0.15, 0.2) is 11.6 Å². The Labute approximate surface area is 161 Å². The summed E-state index contributed by atoms with van der Waals surface area (Å²) in [4.78, 5) is 0. The Bertz CT molecular complexity index is 835. The van der Waals surface area contributed by atoms with E-state index in [0.29, 0.717) is 5.56 Å². The second kappa shape index (κ2) is 7.08. The van der Waals surface area contributed by atoms with Crippen LogP contribution in [0.4, 0.5) is 17.6 Å². The molecule has 0 unspecified atom stereocenters. The molecule has 3 rings (SSSR count). The van der Waals surface area contributed by atoms with E-state index in [4.69, 9.17) is 14.0 Å². The predicted octanol–water partition coefficient (Wildman–Crippen LogP) is 4.72. The van der Waals surface area contributed by atoms with E-state index in [1.54, 1.807) is 58.0 Å². The molecule has 1 aliphatic rings. The highest BCUT2D eigenvalue weighted by molar-refractivity contribution is 6.62. The molecule has 0 atom stereocenters. The maximum Gasteiger partial charge on any atom is 0.494 e. The zero-order valence-corrected chi connectivity index (χ0v) is 16.1. The van der Waals surface area contributed by atoms with Crippen LogP contribution in [0.15, 0.2) is 42.5 Å². The summed E-state index contributed by atoms with van der Waals surface area (Å²) in [5.41, 5.74) is -2.13. The van der Waals surface area contributed by atoms with Gasteiger partial charge in [0.1, 0.15) is 12.2 Å². The van der Waals surface area contributed by atoms with E-state index in [0.717, 1.165) is 12.1 Å². The van der Waals surface area contributed by atoms with Crippen LogP contribution in [-0.4, -0.2) is 18.3 Å². The van der Waals surface area contributed by atoms with Gasteiger partial charge in [0.2, 0.25) is 0 Å². The van der Waals surface area contributed by atoms with Gasteiger partial charge in [-0.1, -0.05) is 30.3 Å². The molecule has 0 saturated carbocycles. The van der Waals surface area contributed by atoms with Crippen molar-refractivity contribution < 1.29 is 31.6 Å². The molecule has 3 nitrogen and oxygen atoms in total. The first-order valence-corrected chi connectivity index (χ1v) is 8.84. The van der Waals surface area contributed by atoms with E-state index in [2.05, 4.69) is 0 Å². The molecule has 8 heteroatoms. The minimum atomic E-state index is -4.80. The molecule has 28 heavy (non-hydrogen) atoms. The molecule has 0 amide bonds. The first-order valence-electron chi connectivity index (χ1n) is 8.84. The number of halogens is 4. The largest absolute Gasteiger partial charge is 0.494 e. The molecule has 0 aliphatic carbocycles. The van der Waals surface area contributed by atoms with Crippen molar-refractivity contribution in [3.63, 3.8) is 0 Å². The normalized spacial score (nSPS) is 18.4. The van der Waals surface area contributed by atoms with E-state index in [1.165, 1.54) is 0 Å². The summed E-state index contributed by atoms with van der Waals surface area (Å²) in [6.07, 6.45) is -4.80. The highest BCUT2D eigenvalue weighted by atomic mass is 19.4. The van der Waals surface area contributed by atoms with E-state index in [-0.39, 0.29) is 12.1 Å². The van der Waals surface area contributed by atoms with E-state index >= 15 is 0 Å². The van der Waals surface area contributed by atoms with Gasteiger partial charge in [-0.15, -0.1) is 0 Å². The Kier molecular flexibility index (Phi) is 5.23. The summed E-state index contributed by atoms with van der Waals surface area (Å²) in [6, 6.07) is 10.4. The summed E-state index contributed by atoms with van der Waals surface area (Å²) < 4.78 is 72.1. The van der Waals surface area contributed by atoms with Gasteiger partial charge in [-0.05, 0) is 50.9 Å². The Morgan fingerprint density at radius 1 is 0.964 bits per heavy atom. The maximum atomic E-state index is 14.6. The van der Waals surface area contributed by atoms with E-state index < -0.39 is 41.6 Å². The molecular formula is C20H21BF4O3. The van der Waals surface area contributed by atoms with Crippen LogP contribution in [0.3, 0.4) is 0 Å². The Balaban J connectivity index is 1.94. The smallest absolute Gasteiger partial charge is 0.485 e. The second-order valence-corrected chi connectivity index (χ2v) is 7.74. The fraction of sp³-hybridized carbons (Fsp3) is 0.400. The van der Waals surface area contributed by atoms with Crippen molar-refractivity contribution >= 4 is 12.6 Å². The van der Waals surface area contributed by atoms with Gasteiger partial charge in [0.05, 0.1) is 11.2 Å². The highest BCUT2D eigenvalue weighted by Gasteiger charge is 2.52. The van der Waals surface area contributed by atoms with Crippen LogP contribution in [0.5, 0.6) is 5.75 Å². The molecule has 1 aliphatic heterocycles. The highest BCUT2D eigenvalue weighted by Crippen LogP contribution is 2.40. The second-order valence-electron chi connectivity index (χ2n) is 7.74. The van der Waals surface area contributed by atoms with Crippen molar-refractivity contribution in [1.29, 1.82) is 0 Å². The van der Waals surface area contributed by atoms with Crippen LogP contribution in [0, 0.1) is 5.82 Å². The Hall–Kier alpha value is -2.06. The Morgan fingerprint density at radius 2 is 1.54 bits per heavy atom. The zero-order chi connectivity index (χ0) is 20.7. The molecule has 0 bridgehead atoms. The lowest BCUT2D eigenvalue weighted by molar-refractivity contribution is -0.139. The van der Waals surface area contributed by atoms with Gasteiger partial charge in [-0.2, -0.15) is 13.2 Å². The summed E-state index contributed by atoms with van der Waals surface area (Å²) in [5, 5.41) is 0. The van der Waals surface area contributed by atoms with Crippen LogP contribution in [0.2, 0.25) is 0 Å². The minimum Gasteiger partial charge on any atom is -0.485 e. The number of alkyl halides is 3. The van der Waals surface area contributed by atoms with Gasteiger partial charge < -0.3 is 14.0 Å². The van der Waals surface area contributed by atoms with Crippen LogP contribution in [0.25, 0.3) is 0 Å². The van der Waals surface area contributed by atoms with Crippen LogP contribution < -0.4 is 10.2 Å². The summed E-state index contributed by atoms with van der Waals surface area (Å²) >= 11 is 0. The molecule has 1 fully saturated rings. The van der Waals surface area contributed by atoms with Gasteiger partial charge >= 0.3 is 13.3 Å². The number of hydrogen-bond acceptors (Lipinski definition) is 3. The number of ether oxygens (including phenoxy) is 1. The van der Waals surface area contributed by atoms with Gasteiger partial charge in [0.25, 0.3) is 0 Å². The van der Waals surface area contributed by atoms with Crippen molar-refractivity contribution in [3.8, 4) is 5.75 Å². The van der Waals surface area contributed by atoms with Gasteiger partial charge in [0, 0.05) is 0 Å². The number of benzene rings is 2. The summed E-state index contributed by atoms with van der Waals surface area (Å²) in [7, 11) is -1.11. The van der Waals surface area contributed by atoms with Crippen LogP contribution in [0.1, 0.15) is 38.8 Å². The molecule has 0 aromatic heterocycles. The van der Waals surface area contributed by atoms with Gasteiger partial charge in [-0.25, -0.2) is 4.39 Å². The van der Waals surface area contributed by atoms with Gasteiger partial charge in [-0.3, -0.25) is 0 Å². The predicted molar refractivity (Wildman–Crippen MR) is 97.9 cm³/mol. The minimum absolute atomic E-state index is 0.0458. The number of hydrogen-bond donors (Lipinski definition) is 0. The first-order chi connectivity index (χ1) is 12.9. The first kappa shape index (κ1) is 20.7. The van der Waals surface area contributed by atoms with Crippen LogP contribution >= 0.6 is 0 Å². The lowest BCUT2D eigenvalue weighted by Gasteiger charge is -2.32. The molecule has 0 N–H and O–H groups in total. The average Bonchev–Trinajstić information content (AvgIpc) is 2.81. The Morgan fingerprint density at radius 3 is 2.07 bits per heavy atom. The summed E-state index contributed by atoms with van der Waals surface area (Å²) in [5.74, 6) is -1.95. The van der Waals surface area contributed by atoms with Crippen molar-refractivity contribution in [2.45, 2.75) is 51.7 Å². The molecule has 0 spiro atoms. The van der Waals surface area contributed by atoms with E-state index in [9.17, 15) is 17.6 Å². The van der Waals surface area contributed by atoms with Crippen molar-refractivity contribution in [3.05, 3.63) is 59.4 Å². The molecule has 0 radical (unpaired) electrons. The lowest BCUT2D eigenvalue weighted by atomic mass is 9.78. The molecule has 1 saturated heterocycles. The van der Waals surface area contributed by atoms with Crippen LogP contribution in [-0.2, 0) is 22.1 Å². The van der Waals surface area contributed by atoms with Crippen molar-refractivity contribution in [2.24, 2.45) is 0 Å². The molecule has 2 aromatic rings. The molecule has 1 heterocycles. The third kappa shape index (κ3) is 4.03. The van der Waals surface area contributed by atoms with Crippen molar-refractivity contribution in [1.82, 2.24) is 0 Å². The summed E-state index contributed by atoms with van der Waals surface area (Å²) in [6.45, 7) is 6.89. The molecule has 2 aromatic carbocycles. The fourth-order valence-corrected chi connectivity index (χ4v) is 2.82. The standard InChI is InChI=1S/C20H21BF4O3/c1-18(2)19(3,4)28-21(27-18)14-10-15(20(23,24)25)17(16(22)11-14)26-12-13-8-6-5-7-9-13/h5-11H,12H2,1-4H3. The quantitative estimate of drug-likeness (QED) is 0.553. The molecule has 150 valence electrons. The lowest BCUT2D eigenvalue weighted by Crippen LogP contribution is -2.41. The van der Waals surface area contributed by atoms with Crippen molar-refractivity contribution in [2.75, 3.05) is 0 Å². The third-order valence-corrected chi connectivity index (χ3v) is 5.12. The fourth-order valence-electron chi connectivity index (χ4n) is 2.82. The zero-order valence-electron chi connectivity index (χ0n) is 16.1. The maximum absolute atomic E-state index is 14.6.